The van der Waals surface area contributed by atoms with E-state index < -0.39 is 17.3 Å². The lowest BCUT2D eigenvalue weighted by Crippen LogP contribution is -2.47. The van der Waals surface area contributed by atoms with Crippen LogP contribution in [-0.2, 0) is 11.0 Å². The summed E-state index contributed by atoms with van der Waals surface area (Å²) in [5.41, 5.74) is -1.09. The Hall–Kier alpha value is -1.89. The van der Waals surface area contributed by atoms with Gasteiger partial charge in [-0.25, -0.2) is 0 Å². The van der Waals surface area contributed by atoms with E-state index in [9.17, 15) is 18.0 Å². The molecule has 4 nitrogen and oxygen atoms in total. The Morgan fingerprint density at radius 1 is 1.23 bits per heavy atom. The van der Waals surface area contributed by atoms with Crippen LogP contribution >= 0.6 is 0 Å². The maximum atomic E-state index is 13.0. The molecular weight excluding hydrogens is 295 g/mol. The second-order valence-corrected chi connectivity index (χ2v) is 5.72. The van der Waals surface area contributed by atoms with Crippen molar-refractivity contribution >= 4 is 11.7 Å². The number of amidine groups is 1. The summed E-state index contributed by atoms with van der Waals surface area (Å²) in [7, 11) is 0. The lowest BCUT2D eigenvalue weighted by Gasteiger charge is -2.28. The molecule has 7 heteroatoms. The zero-order valence-electron chi connectivity index (χ0n) is 12.0. The number of hydrogen-bond acceptors (Lipinski definition) is 3. The molecule has 0 atom stereocenters. The largest absolute Gasteiger partial charge is 0.416 e. The van der Waals surface area contributed by atoms with Gasteiger partial charge in [0.05, 0.1) is 5.56 Å². The highest BCUT2D eigenvalue weighted by molar-refractivity contribution is 6.15. The highest BCUT2D eigenvalue weighted by atomic mass is 19.4. The Morgan fingerprint density at radius 3 is 2.55 bits per heavy atom. The van der Waals surface area contributed by atoms with Gasteiger partial charge in [0, 0.05) is 5.56 Å². The van der Waals surface area contributed by atoms with E-state index in [1.165, 1.54) is 13.0 Å². The minimum Gasteiger partial charge on any atom is -0.317 e. The van der Waals surface area contributed by atoms with Crippen molar-refractivity contribution in [2.45, 2.75) is 31.5 Å². The average molecular weight is 311 g/mol. The number of aliphatic imine (C=N–C) groups is 1. The molecule has 2 N–H and O–H groups in total. The van der Waals surface area contributed by atoms with Crippen molar-refractivity contribution in [1.82, 2.24) is 10.6 Å². The number of halogens is 3. The number of aryl methyl sites for hydroxylation is 1. The molecule has 2 aliphatic rings. The van der Waals surface area contributed by atoms with Crippen molar-refractivity contribution < 1.29 is 18.0 Å². The first-order valence-electron chi connectivity index (χ1n) is 7.12. The van der Waals surface area contributed by atoms with Crippen molar-refractivity contribution in [1.29, 1.82) is 0 Å². The molecule has 2 aliphatic heterocycles. The molecule has 0 aromatic heterocycles. The summed E-state index contributed by atoms with van der Waals surface area (Å²) in [6, 6.07) is 4.01. The topological polar surface area (TPSA) is 53.5 Å². The van der Waals surface area contributed by atoms with Gasteiger partial charge in [0.1, 0.15) is 11.4 Å². The number of carbonyl (C=O) groups excluding carboxylic acids is 1. The Kier molecular flexibility index (Phi) is 3.47. The van der Waals surface area contributed by atoms with Crippen molar-refractivity contribution in [2.24, 2.45) is 4.99 Å². The van der Waals surface area contributed by atoms with Gasteiger partial charge >= 0.3 is 6.18 Å². The van der Waals surface area contributed by atoms with Crippen molar-refractivity contribution in [3.8, 4) is 0 Å². The predicted molar refractivity (Wildman–Crippen MR) is 75.7 cm³/mol. The number of piperidine rings is 1. The van der Waals surface area contributed by atoms with Crippen LogP contribution in [0.1, 0.15) is 29.5 Å². The second kappa shape index (κ2) is 5.08. The van der Waals surface area contributed by atoms with E-state index in [0.29, 0.717) is 31.5 Å². The fourth-order valence-electron chi connectivity index (χ4n) is 2.91. The normalized spacial score (nSPS) is 20.9. The number of benzene rings is 1. The molecule has 118 valence electrons. The third-order valence-electron chi connectivity index (χ3n) is 4.23. The summed E-state index contributed by atoms with van der Waals surface area (Å²) in [6.45, 7) is 2.76. The summed E-state index contributed by atoms with van der Waals surface area (Å²) < 4.78 is 39.0. The smallest absolute Gasteiger partial charge is 0.317 e. The summed E-state index contributed by atoms with van der Waals surface area (Å²) in [6.07, 6.45) is -3.31. The van der Waals surface area contributed by atoms with E-state index in [-0.39, 0.29) is 17.3 Å². The highest BCUT2D eigenvalue weighted by Gasteiger charge is 2.44. The summed E-state index contributed by atoms with van der Waals surface area (Å²) in [5, 5.41) is 5.79. The van der Waals surface area contributed by atoms with Gasteiger partial charge in [-0.05, 0) is 44.5 Å². The summed E-state index contributed by atoms with van der Waals surface area (Å²) in [4.78, 5) is 16.6. The van der Waals surface area contributed by atoms with Gasteiger partial charge in [0.25, 0.3) is 5.91 Å². The number of alkyl halides is 3. The van der Waals surface area contributed by atoms with Crippen LogP contribution in [-0.4, -0.2) is 30.4 Å². The molecule has 1 amide bonds. The molecule has 1 spiro atoms. The highest BCUT2D eigenvalue weighted by Crippen LogP contribution is 2.33. The molecule has 22 heavy (non-hydrogen) atoms. The summed E-state index contributed by atoms with van der Waals surface area (Å²) in [5.74, 6) is 0.00975. The van der Waals surface area contributed by atoms with Crippen LogP contribution in [0.15, 0.2) is 23.2 Å². The van der Waals surface area contributed by atoms with Crippen molar-refractivity contribution in [3.63, 3.8) is 0 Å². The van der Waals surface area contributed by atoms with E-state index in [4.69, 9.17) is 0 Å². The van der Waals surface area contributed by atoms with Gasteiger partial charge in [-0.2, -0.15) is 13.2 Å². The molecule has 1 aromatic carbocycles. The van der Waals surface area contributed by atoms with Crippen molar-refractivity contribution in [3.05, 3.63) is 34.9 Å². The van der Waals surface area contributed by atoms with E-state index >= 15 is 0 Å². The number of carbonyl (C=O) groups is 1. The Bertz CT molecular complexity index is 646. The molecule has 1 fully saturated rings. The number of amides is 1. The molecule has 2 heterocycles. The Morgan fingerprint density at radius 2 is 1.91 bits per heavy atom. The molecule has 0 bridgehead atoms. The Labute approximate surface area is 125 Å². The molecule has 0 unspecified atom stereocenters. The van der Waals surface area contributed by atoms with Crippen molar-refractivity contribution in [2.75, 3.05) is 13.1 Å². The van der Waals surface area contributed by atoms with Gasteiger partial charge in [-0.15, -0.1) is 0 Å². The number of rotatable bonds is 1. The fraction of sp³-hybridized carbons (Fsp3) is 0.467. The van der Waals surface area contributed by atoms with Crippen LogP contribution in [0.4, 0.5) is 13.2 Å². The fourth-order valence-corrected chi connectivity index (χ4v) is 2.91. The standard InChI is InChI=1S/C15H16F3N3O/c1-9-2-3-10(8-11(9)15(16,17)18)12-20-13(22)14(21-12)4-6-19-7-5-14/h2-3,8,19H,4-7H2,1H3,(H,20,21,22). The van der Waals surface area contributed by atoms with Gasteiger partial charge in [0.2, 0.25) is 0 Å². The van der Waals surface area contributed by atoms with E-state index in [0.717, 1.165) is 6.07 Å². The third-order valence-corrected chi connectivity index (χ3v) is 4.23. The molecule has 1 saturated heterocycles. The quantitative estimate of drug-likeness (QED) is 0.833. The number of hydrogen-bond donors (Lipinski definition) is 2. The van der Waals surface area contributed by atoms with Crippen LogP contribution in [0, 0.1) is 6.92 Å². The predicted octanol–water partition coefficient (Wildman–Crippen LogP) is 2.01. The zero-order chi connectivity index (χ0) is 16.0. The third kappa shape index (κ3) is 2.49. The number of nitrogens with one attached hydrogen (secondary N) is 2. The first-order chi connectivity index (χ1) is 10.3. The molecule has 1 aromatic rings. The molecule has 3 rings (SSSR count). The average Bonchev–Trinajstić information content (AvgIpc) is 2.76. The van der Waals surface area contributed by atoms with Crippen LogP contribution in [0.25, 0.3) is 0 Å². The minimum atomic E-state index is -4.42. The monoisotopic (exact) mass is 311 g/mol. The first-order valence-corrected chi connectivity index (χ1v) is 7.12. The lowest BCUT2D eigenvalue weighted by atomic mass is 9.89. The van der Waals surface area contributed by atoms with Gasteiger partial charge in [0.15, 0.2) is 0 Å². The van der Waals surface area contributed by atoms with Gasteiger partial charge < -0.3 is 10.6 Å². The SMILES string of the molecule is Cc1ccc(C2=NC3(CCNCC3)C(=O)N2)cc1C(F)(F)F. The lowest BCUT2D eigenvalue weighted by molar-refractivity contribution is -0.138. The minimum absolute atomic E-state index is 0.151. The van der Waals surface area contributed by atoms with E-state index in [1.54, 1.807) is 6.07 Å². The van der Waals surface area contributed by atoms with Gasteiger partial charge in [-0.3, -0.25) is 9.79 Å². The molecular formula is C15H16F3N3O. The van der Waals surface area contributed by atoms with E-state index in [1.807, 2.05) is 0 Å². The Balaban J connectivity index is 1.98. The van der Waals surface area contributed by atoms with E-state index in [2.05, 4.69) is 15.6 Å². The first kappa shape index (κ1) is 15.0. The maximum absolute atomic E-state index is 13.0. The zero-order valence-corrected chi connectivity index (χ0v) is 12.0. The maximum Gasteiger partial charge on any atom is 0.416 e. The van der Waals surface area contributed by atoms with Crippen LogP contribution in [0.3, 0.4) is 0 Å². The molecule has 0 radical (unpaired) electrons. The summed E-state index contributed by atoms with van der Waals surface area (Å²) >= 11 is 0. The van der Waals surface area contributed by atoms with Crippen LogP contribution in [0.2, 0.25) is 0 Å². The van der Waals surface area contributed by atoms with Gasteiger partial charge in [-0.1, -0.05) is 12.1 Å². The molecule has 0 saturated carbocycles. The second-order valence-electron chi connectivity index (χ2n) is 5.72. The van der Waals surface area contributed by atoms with Crippen LogP contribution < -0.4 is 10.6 Å². The molecule has 0 aliphatic carbocycles. The van der Waals surface area contributed by atoms with Crippen LogP contribution in [0.5, 0.6) is 0 Å². The number of nitrogens with zero attached hydrogens (tertiary/aromatic N) is 1.